The van der Waals surface area contributed by atoms with Crippen molar-refractivity contribution < 1.29 is 4.79 Å². The van der Waals surface area contributed by atoms with E-state index in [1.165, 1.54) is 0 Å². The van der Waals surface area contributed by atoms with Gasteiger partial charge in [-0.2, -0.15) is 0 Å². The van der Waals surface area contributed by atoms with Crippen LogP contribution in [0.25, 0.3) is 10.8 Å². The summed E-state index contributed by atoms with van der Waals surface area (Å²) in [4.78, 5) is 12.4. The summed E-state index contributed by atoms with van der Waals surface area (Å²) in [5.41, 5.74) is 8.74. The molecule has 3 aromatic carbocycles. The molecule has 0 aliphatic heterocycles. The van der Waals surface area contributed by atoms with Crippen LogP contribution in [0, 0.1) is 6.92 Å². The van der Waals surface area contributed by atoms with Crippen molar-refractivity contribution in [2.75, 3.05) is 11.1 Å². The number of hydrogen-bond donors (Lipinski definition) is 2. The van der Waals surface area contributed by atoms with Crippen molar-refractivity contribution in [2.24, 2.45) is 0 Å². The topological polar surface area (TPSA) is 55.1 Å². The number of aryl methyl sites for hydroxylation is 1. The molecule has 0 aromatic heterocycles. The van der Waals surface area contributed by atoms with Gasteiger partial charge < -0.3 is 11.1 Å². The zero-order valence-electron chi connectivity index (χ0n) is 11.8. The van der Waals surface area contributed by atoms with E-state index in [1.807, 2.05) is 61.5 Å². The standard InChI is InChI=1S/C18H16N2O/c1-12-9-14(11-15(19)10-12)18(21)20-17-8-4-6-13-5-2-3-7-16(13)17/h2-11H,19H2,1H3,(H,20,21). The van der Waals surface area contributed by atoms with Crippen molar-refractivity contribution in [3.05, 3.63) is 71.8 Å². The molecule has 0 heterocycles. The number of fused-ring (bicyclic) bond motifs is 1. The van der Waals surface area contributed by atoms with Crippen molar-refractivity contribution in [1.29, 1.82) is 0 Å². The molecule has 3 heteroatoms. The van der Waals surface area contributed by atoms with Crippen LogP contribution in [0.1, 0.15) is 15.9 Å². The van der Waals surface area contributed by atoms with E-state index in [-0.39, 0.29) is 5.91 Å². The molecule has 0 spiro atoms. The average Bonchev–Trinajstić information content (AvgIpc) is 2.46. The number of rotatable bonds is 2. The number of benzene rings is 3. The van der Waals surface area contributed by atoms with Crippen LogP contribution in [0.3, 0.4) is 0 Å². The second-order valence-corrected chi connectivity index (χ2v) is 5.11. The predicted molar refractivity (Wildman–Crippen MR) is 87.5 cm³/mol. The molecule has 0 saturated heterocycles. The fourth-order valence-electron chi connectivity index (χ4n) is 2.47. The van der Waals surface area contributed by atoms with Gasteiger partial charge in [0.05, 0.1) is 0 Å². The highest BCUT2D eigenvalue weighted by atomic mass is 16.1. The molecule has 0 fully saturated rings. The largest absolute Gasteiger partial charge is 0.399 e. The zero-order chi connectivity index (χ0) is 14.8. The van der Waals surface area contributed by atoms with E-state index < -0.39 is 0 Å². The lowest BCUT2D eigenvalue weighted by atomic mass is 10.1. The Morgan fingerprint density at radius 2 is 1.76 bits per heavy atom. The first-order chi connectivity index (χ1) is 10.1. The summed E-state index contributed by atoms with van der Waals surface area (Å²) in [6, 6.07) is 19.2. The van der Waals surface area contributed by atoms with E-state index in [1.54, 1.807) is 6.07 Å². The molecular formula is C18H16N2O. The molecule has 21 heavy (non-hydrogen) atoms. The lowest BCUT2D eigenvalue weighted by Gasteiger charge is -2.09. The van der Waals surface area contributed by atoms with Gasteiger partial charge in [0, 0.05) is 22.3 Å². The van der Waals surface area contributed by atoms with Gasteiger partial charge in [-0.3, -0.25) is 4.79 Å². The zero-order valence-corrected chi connectivity index (χ0v) is 11.8. The Balaban J connectivity index is 1.96. The minimum atomic E-state index is -0.151. The molecule has 104 valence electrons. The highest BCUT2D eigenvalue weighted by Crippen LogP contribution is 2.23. The number of anilines is 2. The van der Waals surface area contributed by atoms with Crippen molar-refractivity contribution in [3.63, 3.8) is 0 Å². The first kappa shape index (κ1) is 13.2. The third kappa shape index (κ3) is 2.72. The Bertz CT molecular complexity index is 799. The van der Waals surface area contributed by atoms with Gasteiger partial charge in [0.25, 0.3) is 5.91 Å². The molecular weight excluding hydrogens is 260 g/mol. The quantitative estimate of drug-likeness (QED) is 0.695. The van der Waals surface area contributed by atoms with E-state index in [4.69, 9.17) is 5.73 Å². The summed E-state index contributed by atoms with van der Waals surface area (Å²) in [5.74, 6) is -0.151. The van der Waals surface area contributed by atoms with E-state index in [0.717, 1.165) is 22.0 Å². The molecule has 0 saturated carbocycles. The van der Waals surface area contributed by atoms with Crippen molar-refractivity contribution >= 4 is 28.1 Å². The molecule has 0 bridgehead atoms. The Labute approximate surface area is 123 Å². The normalized spacial score (nSPS) is 10.5. The first-order valence-corrected chi connectivity index (χ1v) is 6.80. The Morgan fingerprint density at radius 1 is 1.00 bits per heavy atom. The summed E-state index contributed by atoms with van der Waals surface area (Å²) < 4.78 is 0. The molecule has 3 aromatic rings. The van der Waals surface area contributed by atoms with Crippen LogP contribution in [0.2, 0.25) is 0 Å². The molecule has 0 atom stereocenters. The average molecular weight is 276 g/mol. The molecule has 1 amide bonds. The summed E-state index contributed by atoms with van der Waals surface area (Å²) in [6.07, 6.45) is 0. The number of carbonyl (C=O) groups is 1. The highest BCUT2D eigenvalue weighted by Gasteiger charge is 2.09. The second kappa shape index (κ2) is 5.29. The van der Waals surface area contributed by atoms with Gasteiger partial charge in [0.1, 0.15) is 0 Å². The molecule has 3 N–H and O–H groups in total. The minimum absolute atomic E-state index is 0.151. The predicted octanol–water partition coefficient (Wildman–Crippen LogP) is 3.98. The van der Waals surface area contributed by atoms with Gasteiger partial charge >= 0.3 is 0 Å². The van der Waals surface area contributed by atoms with Crippen LogP contribution in [0.4, 0.5) is 11.4 Å². The van der Waals surface area contributed by atoms with Crippen LogP contribution in [-0.2, 0) is 0 Å². The number of nitrogen functional groups attached to an aromatic ring is 1. The number of amides is 1. The third-order valence-corrected chi connectivity index (χ3v) is 3.40. The van der Waals surface area contributed by atoms with Gasteiger partial charge in [-0.05, 0) is 42.1 Å². The molecule has 3 nitrogen and oxygen atoms in total. The fraction of sp³-hybridized carbons (Fsp3) is 0.0556. The SMILES string of the molecule is Cc1cc(N)cc(C(=O)Nc2cccc3ccccc23)c1. The van der Waals surface area contributed by atoms with Crippen LogP contribution >= 0.6 is 0 Å². The van der Waals surface area contributed by atoms with Gasteiger partial charge in [-0.15, -0.1) is 0 Å². The summed E-state index contributed by atoms with van der Waals surface area (Å²) in [6.45, 7) is 1.92. The Hall–Kier alpha value is -2.81. The molecule has 0 radical (unpaired) electrons. The van der Waals surface area contributed by atoms with Crippen molar-refractivity contribution in [2.45, 2.75) is 6.92 Å². The van der Waals surface area contributed by atoms with Crippen molar-refractivity contribution in [3.8, 4) is 0 Å². The maximum absolute atomic E-state index is 12.4. The highest BCUT2D eigenvalue weighted by molar-refractivity contribution is 6.09. The molecule has 0 unspecified atom stereocenters. The number of nitrogens with two attached hydrogens (primary N) is 1. The summed E-state index contributed by atoms with van der Waals surface area (Å²) in [7, 11) is 0. The van der Waals surface area contributed by atoms with E-state index in [9.17, 15) is 4.79 Å². The lowest BCUT2D eigenvalue weighted by molar-refractivity contribution is 0.102. The van der Waals surface area contributed by atoms with E-state index in [2.05, 4.69) is 5.32 Å². The monoisotopic (exact) mass is 276 g/mol. The van der Waals surface area contributed by atoms with Crippen LogP contribution in [-0.4, -0.2) is 5.91 Å². The van der Waals surface area contributed by atoms with Gasteiger partial charge in [-0.25, -0.2) is 0 Å². The van der Waals surface area contributed by atoms with E-state index >= 15 is 0 Å². The van der Waals surface area contributed by atoms with E-state index in [0.29, 0.717) is 11.3 Å². The summed E-state index contributed by atoms with van der Waals surface area (Å²) in [5, 5.41) is 5.08. The lowest BCUT2D eigenvalue weighted by Crippen LogP contribution is -2.12. The Morgan fingerprint density at radius 3 is 2.57 bits per heavy atom. The third-order valence-electron chi connectivity index (χ3n) is 3.40. The van der Waals surface area contributed by atoms with Crippen molar-refractivity contribution in [1.82, 2.24) is 0 Å². The second-order valence-electron chi connectivity index (χ2n) is 5.11. The maximum atomic E-state index is 12.4. The Kier molecular flexibility index (Phi) is 3.32. The van der Waals surface area contributed by atoms with Crippen LogP contribution in [0.15, 0.2) is 60.7 Å². The van der Waals surface area contributed by atoms with Gasteiger partial charge in [-0.1, -0.05) is 36.4 Å². The number of carbonyl (C=O) groups excluding carboxylic acids is 1. The van der Waals surface area contributed by atoms with Crippen LogP contribution < -0.4 is 11.1 Å². The molecule has 0 aliphatic carbocycles. The number of hydrogen-bond acceptors (Lipinski definition) is 2. The summed E-state index contributed by atoms with van der Waals surface area (Å²) >= 11 is 0. The molecule has 3 rings (SSSR count). The van der Waals surface area contributed by atoms with Gasteiger partial charge in [0.2, 0.25) is 0 Å². The number of nitrogens with one attached hydrogen (secondary N) is 1. The van der Waals surface area contributed by atoms with Crippen LogP contribution in [0.5, 0.6) is 0 Å². The maximum Gasteiger partial charge on any atom is 0.255 e. The van der Waals surface area contributed by atoms with Gasteiger partial charge in [0.15, 0.2) is 0 Å². The first-order valence-electron chi connectivity index (χ1n) is 6.80. The smallest absolute Gasteiger partial charge is 0.255 e. The molecule has 0 aliphatic rings. The fourth-order valence-corrected chi connectivity index (χ4v) is 2.47. The minimum Gasteiger partial charge on any atom is -0.399 e.